The van der Waals surface area contributed by atoms with Crippen molar-refractivity contribution in [1.82, 2.24) is 0 Å². The minimum Gasteiger partial charge on any atom is -0.388 e. The zero-order valence-electron chi connectivity index (χ0n) is 10.3. The first kappa shape index (κ1) is 13.4. The van der Waals surface area contributed by atoms with Crippen LogP contribution >= 0.6 is 0 Å². The number of aliphatic hydroxyl groups excluding tert-OH is 1. The number of halogens is 2. The van der Waals surface area contributed by atoms with Crippen molar-refractivity contribution in [3.63, 3.8) is 0 Å². The molecular weight excluding hydrogens is 236 g/mol. The van der Waals surface area contributed by atoms with E-state index in [1.165, 1.54) is 12.1 Å². The third-order valence-corrected chi connectivity index (χ3v) is 4.11. The number of nitrogens with two attached hydrogens (primary N) is 1. The Labute approximate surface area is 106 Å². The fourth-order valence-electron chi connectivity index (χ4n) is 2.91. The molecule has 1 aromatic rings. The molecule has 1 aliphatic carbocycles. The van der Waals surface area contributed by atoms with Crippen LogP contribution in [0.5, 0.6) is 0 Å². The summed E-state index contributed by atoms with van der Waals surface area (Å²) in [7, 11) is 0. The van der Waals surface area contributed by atoms with E-state index in [9.17, 15) is 13.9 Å². The second-order valence-corrected chi connectivity index (χ2v) is 5.17. The van der Waals surface area contributed by atoms with Crippen molar-refractivity contribution in [1.29, 1.82) is 0 Å². The molecule has 1 saturated carbocycles. The number of hydrogen-bond acceptors (Lipinski definition) is 2. The van der Waals surface area contributed by atoms with Gasteiger partial charge < -0.3 is 10.8 Å². The SMILES string of the molecule is NCC1(C(O)c2cccc(F)c2F)CCCCC1. The summed E-state index contributed by atoms with van der Waals surface area (Å²) in [6, 6.07) is 3.92. The Kier molecular flexibility index (Phi) is 3.97. The normalized spacial score (nSPS) is 20.7. The molecule has 2 nitrogen and oxygen atoms in total. The molecule has 0 aromatic heterocycles. The molecule has 1 fully saturated rings. The molecule has 3 N–H and O–H groups in total. The molecule has 100 valence electrons. The van der Waals surface area contributed by atoms with Crippen molar-refractivity contribution >= 4 is 0 Å². The lowest BCUT2D eigenvalue weighted by atomic mass is 9.68. The highest BCUT2D eigenvalue weighted by Gasteiger charge is 2.39. The summed E-state index contributed by atoms with van der Waals surface area (Å²) in [6.45, 7) is 0.296. The van der Waals surface area contributed by atoms with Gasteiger partial charge in [0.25, 0.3) is 0 Å². The van der Waals surface area contributed by atoms with E-state index in [1.807, 2.05) is 0 Å². The van der Waals surface area contributed by atoms with Gasteiger partial charge in [-0.25, -0.2) is 8.78 Å². The van der Waals surface area contributed by atoms with Gasteiger partial charge >= 0.3 is 0 Å². The Bertz CT molecular complexity index is 416. The Hall–Kier alpha value is -1.00. The lowest BCUT2D eigenvalue weighted by Crippen LogP contribution is -2.39. The van der Waals surface area contributed by atoms with Crippen LogP contribution in [0.25, 0.3) is 0 Å². The van der Waals surface area contributed by atoms with Crippen LogP contribution < -0.4 is 5.73 Å². The Balaban J connectivity index is 2.33. The molecule has 0 bridgehead atoms. The van der Waals surface area contributed by atoms with E-state index in [-0.39, 0.29) is 5.56 Å². The maximum atomic E-state index is 13.7. The second kappa shape index (κ2) is 5.33. The Morgan fingerprint density at radius 3 is 2.50 bits per heavy atom. The van der Waals surface area contributed by atoms with Crippen LogP contribution in [0, 0.1) is 17.0 Å². The number of aliphatic hydroxyl groups is 1. The molecule has 0 radical (unpaired) electrons. The fraction of sp³-hybridized carbons (Fsp3) is 0.571. The van der Waals surface area contributed by atoms with Crippen molar-refractivity contribution in [3.05, 3.63) is 35.4 Å². The highest BCUT2D eigenvalue weighted by Crippen LogP contribution is 2.45. The van der Waals surface area contributed by atoms with E-state index in [1.54, 1.807) is 0 Å². The summed E-state index contributed by atoms with van der Waals surface area (Å²) in [5, 5.41) is 10.4. The van der Waals surface area contributed by atoms with Crippen LogP contribution in [0.2, 0.25) is 0 Å². The molecule has 4 heteroatoms. The van der Waals surface area contributed by atoms with Gasteiger partial charge in [0.1, 0.15) is 0 Å². The second-order valence-electron chi connectivity index (χ2n) is 5.17. The molecule has 1 aliphatic rings. The molecule has 1 unspecified atom stereocenters. The molecule has 18 heavy (non-hydrogen) atoms. The smallest absolute Gasteiger partial charge is 0.164 e. The Morgan fingerprint density at radius 1 is 1.22 bits per heavy atom. The van der Waals surface area contributed by atoms with Crippen molar-refractivity contribution in [2.75, 3.05) is 6.54 Å². The minimum atomic E-state index is -1.03. The average Bonchev–Trinajstić information content (AvgIpc) is 2.42. The van der Waals surface area contributed by atoms with E-state index in [4.69, 9.17) is 5.73 Å². The van der Waals surface area contributed by atoms with Crippen LogP contribution in [-0.4, -0.2) is 11.7 Å². The van der Waals surface area contributed by atoms with Crippen molar-refractivity contribution in [2.45, 2.75) is 38.2 Å². The third kappa shape index (κ3) is 2.27. The quantitative estimate of drug-likeness (QED) is 0.872. The van der Waals surface area contributed by atoms with Crippen LogP contribution in [0.15, 0.2) is 18.2 Å². The summed E-state index contributed by atoms with van der Waals surface area (Å²) >= 11 is 0. The molecule has 0 aliphatic heterocycles. The average molecular weight is 255 g/mol. The maximum absolute atomic E-state index is 13.7. The first-order valence-electron chi connectivity index (χ1n) is 6.43. The number of benzene rings is 1. The highest BCUT2D eigenvalue weighted by atomic mass is 19.2. The molecular formula is C14H19F2NO. The lowest BCUT2D eigenvalue weighted by Gasteiger charge is -2.40. The number of rotatable bonds is 3. The minimum absolute atomic E-state index is 0.0300. The summed E-state index contributed by atoms with van der Waals surface area (Å²) in [5.74, 6) is -1.88. The topological polar surface area (TPSA) is 46.2 Å². The summed E-state index contributed by atoms with van der Waals surface area (Å²) in [6.07, 6.45) is 3.57. The van der Waals surface area contributed by atoms with Gasteiger partial charge in [-0.2, -0.15) is 0 Å². The van der Waals surface area contributed by atoms with Crippen LogP contribution in [-0.2, 0) is 0 Å². The molecule has 0 saturated heterocycles. The zero-order chi connectivity index (χ0) is 13.2. The van der Waals surface area contributed by atoms with Gasteiger partial charge in [0.15, 0.2) is 11.6 Å². The van der Waals surface area contributed by atoms with Gasteiger partial charge in [-0.15, -0.1) is 0 Å². The van der Waals surface area contributed by atoms with E-state index in [0.717, 1.165) is 38.2 Å². The molecule has 1 aromatic carbocycles. The van der Waals surface area contributed by atoms with Gasteiger partial charge in [-0.3, -0.25) is 0 Å². The van der Waals surface area contributed by atoms with Gasteiger partial charge in [0.05, 0.1) is 6.10 Å². The van der Waals surface area contributed by atoms with E-state index < -0.39 is 23.2 Å². The van der Waals surface area contributed by atoms with E-state index >= 15 is 0 Å². The molecule has 2 rings (SSSR count). The predicted molar refractivity (Wildman–Crippen MR) is 65.9 cm³/mol. The molecule has 0 heterocycles. The van der Waals surface area contributed by atoms with Crippen LogP contribution in [0.4, 0.5) is 8.78 Å². The maximum Gasteiger partial charge on any atom is 0.164 e. The number of hydrogen-bond donors (Lipinski definition) is 2. The van der Waals surface area contributed by atoms with Gasteiger partial charge in [0, 0.05) is 17.5 Å². The molecule has 1 atom stereocenters. The molecule has 0 amide bonds. The lowest BCUT2D eigenvalue weighted by molar-refractivity contribution is -0.00192. The summed E-state index contributed by atoms with van der Waals surface area (Å²) in [4.78, 5) is 0. The largest absolute Gasteiger partial charge is 0.388 e. The van der Waals surface area contributed by atoms with Crippen molar-refractivity contribution < 1.29 is 13.9 Å². The van der Waals surface area contributed by atoms with E-state index in [0.29, 0.717) is 6.54 Å². The first-order valence-corrected chi connectivity index (χ1v) is 6.43. The summed E-state index contributed by atoms with van der Waals surface area (Å²) < 4.78 is 27.0. The van der Waals surface area contributed by atoms with Gasteiger partial charge in [-0.05, 0) is 18.9 Å². The predicted octanol–water partition coefficient (Wildman–Crippen LogP) is 2.91. The standard InChI is InChI=1S/C14H19F2NO/c15-11-6-4-5-10(12(11)16)13(18)14(9-17)7-2-1-3-8-14/h4-6,13,18H,1-3,7-9,17H2. The third-order valence-electron chi connectivity index (χ3n) is 4.11. The van der Waals surface area contributed by atoms with Crippen LogP contribution in [0.1, 0.15) is 43.8 Å². The highest BCUT2D eigenvalue weighted by molar-refractivity contribution is 5.23. The first-order chi connectivity index (χ1) is 8.60. The molecule has 0 spiro atoms. The monoisotopic (exact) mass is 255 g/mol. The van der Waals surface area contributed by atoms with Crippen LogP contribution in [0.3, 0.4) is 0 Å². The van der Waals surface area contributed by atoms with Gasteiger partial charge in [0.2, 0.25) is 0 Å². The van der Waals surface area contributed by atoms with Gasteiger partial charge in [-0.1, -0.05) is 31.4 Å². The van der Waals surface area contributed by atoms with Crippen molar-refractivity contribution in [3.8, 4) is 0 Å². The zero-order valence-corrected chi connectivity index (χ0v) is 10.3. The Morgan fingerprint density at radius 2 is 1.89 bits per heavy atom. The fourth-order valence-corrected chi connectivity index (χ4v) is 2.91. The van der Waals surface area contributed by atoms with E-state index in [2.05, 4.69) is 0 Å². The van der Waals surface area contributed by atoms with Crippen molar-refractivity contribution in [2.24, 2.45) is 11.1 Å². The summed E-state index contributed by atoms with van der Waals surface area (Å²) in [5.41, 5.74) is 5.31.